The van der Waals surface area contributed by atoms with Gasteiger partial charge in [-0.2, -0.15) is 5.10 Å². The van der Waals surface area contributed by atoms with Crippen LogP contribution in [-0.4, -0.2) is 27.9 Å². The second-order valence-electron chi connectivity index (χ2n) is 4.55. The Morgan fingerprint density at radius 2 is 1.90 bits per heavy atom. The van der Waals surface area contributed by atoms with E-state index in [0.717, 1.165) is 17.1 Å². The Morgan fingerprint density at radius 3 is 2.52 bits per heavy atom. The number of nitro benzene ring substituents is 1. The van der Waals surface area contributed by atoms with Crippen molar-refractivity contribution >= 4 is 5.69 Å². The average molecular weight is 291 g/mol. The minimum absolute atomic E-state index is 0.0498. The molecule has 0 unspecified atom stereocenters. The first-order chi connectivity index (χ1) is 10.0. The normalized spacial score (nSPS) is 10.4. The lowest BCUT2D eigenvalue weighted by molar-refractivity contribution is -0.385. The number of benzene rings is 1. The highest BCUT2D eigenvalue weighted by molar-refractivity contribution is 5.45. The Balaban J connectivity index is 1.92. The molecule has 1 aromatic carbocycles. The molecule has 112 valence electrons. The van der Waals surface area contributed by atoms with Gasteiger partial charge in [-0.1, -0.05) is 12.1 Å². The van der Waals surface area contributed by atoms with Crippen molar-refractivity contribution in [2.24, 2.45) is 7.05 Å². The van der Waals surface area contributed by atoms with E-state index in [1.807, 2.05) is 20.9 Å². The first-order valence-corrected chi connectivity index (χ1v) is 6.50. The highest BCUT2D eigenvalue weighted by Gasteiger charge is 2.14. The maximum atomic E-state index is 10.9. The lowest BCUT2D eigenvalue weighted by Crippen LogP contribution is -2.10. The molecule has 1 heterocycles. The predicted octanol–water partition coefficient (Wildman–Crippen LogP) is 2.40. The summed E-state index contributed by atoms with van der Waals surface area (Å²) >= 11 is 0. The van der Waals surface area contributed by atoms with Crippen LogP contribution in [0.15, 0.2) is 24.3 Å². The molecule has 21 heavy (non-hydrogen) atoms. The van der Waals surface area contributed by atoms with Crippen LogP contribution in [0.25, 0.3) is 0 Å². The topological polar surface area (TPSA) is 79.4 Å². The Bertz CT molecular complexity index is 652. The summed E-state index contributed by atoms with van der Waals surface area (Å²) in [6.07, 6.45) is 0. The SMILES string of the molecule is Cc1nn(C)c(C)c1OCCOc1ccccc1[N+](=O)[O-]. The van der Waals surface area contributed by atoms with Gasteiger partial charge in [-0.05, 0) is 19.9 Å². The molecule has 0 aliphatic rings. The quantitative estimate of drug-likeness (QED) is 0.464. The molecule has 0 amide bonds. The fraction of sp³-hybridized carbons (Fsp3) is 0.357. The van der Waals surface area contributed by atoms with Gasteiger partial charge in [-0.3, -0.25) is 14.8 Å². The van der Waals surface area contributed by atoms with Gasteiger partial charge in [0.15, 0.2) is 11.5 Å². The minimum atomic E-state index is -0.467. The summed E-state index contributed by atoms with van der Waals surface area (Å²) < 4.78 is 12.8. The maximum absolute atomic E-state index is 10.9. The van der Waals surface area contributed by atoms with Crippen LogP contribution < -0.4 is 9.47 Å². The molecule has 0 saturated heterocycles. The Hall–Kier alpha value is -2.57. The van der Waals surface area contributed by atoms with Crippen LogP contribution in [0.5, 0.6) is 11.5 Å². The van der Waals surface area contributed by atoms with Crippen molar-refractivity contribution < 1.29 is 14.4 Å². The second-order valence-corrected chi connectivity index (χ2v) is 4.55. The van der Waals surface area contributed by atoms with E-state index in [4.69, 9.17) is 9.47 Å². The molecule has 7 heteroatoms. The Kier molecular flexibility index (Phi) is 4.42. The molecule has 0 aliphatic heterocycles. The third-order valence-electron chi connectivity index (χ3n) is 3.09. The first kappa shape index (κ1) is 14.8. The predicted molar refractivity (Wildman–Crippen MR) is 76.8 cm³/mol. The zero-order valence-electron chi connectivity index (χ0n) is 12.2. The van der Waals surface area contributed by atoms with E-state index < -0.39 is 4.92 Å². The van der Waals surface area contributed by atoms with Gasteiger partial charge in [0.25, 0.3) is 0 Å². The number of para-hydroxylation sites is 2. The van der Waals surface area contributed by atoms with Gasteiger partial charge in [0.2, 0.25) is 0 Å². The molecular formula is C14H17N3O4. The molecule has 0 saturated carbocycles. The number of hydrogen-bond donors (Lipinski definition) is 0. The lowest BCUT2D eigenvalue weighted by Gasteiger charge is -2.08. The van der Waals surface area contributed by atoms with Crippen molar-refractivity contribution in [1.29, 1.82) is 0 Å². The number of aryl methyl sites for hydroxylation is 2. The summed E-state index contributed by atoms with van der Waals surface area (Å²) in [5.74, 6) is 0.967. The largest absolute Gasteiger partial charge is 0.486 e. The Morgan fingerprint density at radius 1 is 1.24 bits per heavy atom. The molecular weight excluding hydrogens is 274 g/mol. The molecule has 0 radical (unpaired) electrons. The smallest absolute Gasteiger partial charge is 0.310 e. The van der Waals surface area contributed by atoms with Gasteiger partial charge in [-0.25, -0.2) is 0 Å². The number of ether oxygens (including phenoxy) is 2. The summed E-state index contributed by atoms with van der Waals surface area (Å²) in [4.78, 5) is 10.4. The highest BCUT2D eigenvalue weighted by atomic mass is 16.6. The molecule has 7 nitrogen and oxygen atoms in total. The van der Waals surface area contributed by atoms with Crippen LogP contribution in [0.3, 0.4) is 0 Å². The summed E-state index contributed by atoms with van der Waals surface area (Å²) in [5, 5.41) is 15.1. The van der Waals surface area contributed by atoms with Gasteiger partial charge in [0.05, 0.1) is 10.6 Å². The van der Waals surface area contributed by atoms with Crippen LogP contribution >= 0.6 is 0 Å². The fourth-order valence-corrected chi connectivity index (χ4v) is 1.99. The van der Waals surface area contributed by atoms with Gasteiger partial charge < -0.3 is 9.47 Å². The van der Waals surface area contributed by atoms with E-state index >= 15 is 0 Å². The van der Waals surface area contributed by atoms with Gasteiger partial charge in [0, 0.05) is 13.1 Å². The third-order valence-corrected chi connectivity index (χ3v) is 3.09. The third kappa shape index (κ3) is 3.31. The molecule has 0 aliphatic carbocycles. The van der Waals surface area contributed by atoms with E-state index in [2.05, 4.69) is 5.10 Å². The van der Waals surface area contributed by atoms with E-state index in [1.54, 1.807) is 22.9 Å². The summed E-state index contributed by atoms with van der Waals surface area (Å²) in [7, 11) is 1.85. The monoisotopic (exact) mass is 291 g/mol. The number of rotatable bonds is 6. The fourth-order valence-electron chi connectivity index (χ4n) is 1.99. The molecule has 0 N–H and O–H groups in total. The summed E-state index contributed by atoms with van der Waals surface area (Å²) in [6, 6.07) is 6.27. The van der Waals surface area contributed by atoms with Crippen LogP contribution in [0, 0.1) is 24.0 Å². The Labute approximate surface area is 122 Å². The van der Waals surface area contributed by atoms with Gasteiger partial charge in [-0.15, -0.1) is 0 Å². The van der Waals surface area contributed by atoms with Crippen LogP contribution in [-0.2, 0) is 7.05 Å². The molecule has 0 atom stereocenters. The van der Waals surface area contributed by atoms with E-state index in [0.29, 0.717) is 6.61 Å². The molecule has 2 rings (SSSR count). The lowest BCUT2D eigenvalue weighted by atomic mass is 10.3. The van der Waals surface area contributed by atoms with Crippen molar-refractivity contribution in [2.45, 2.75) is 13.8 Å². The number of nitro groups is 1. The molecule has 1 aromatic heterocycles. The van der Waals surface area contributed by atoms with Crippen LogP contribution in [0.4, 0.5) is 5.69 Å². The van der Waals surface area contributed by atoms with Crippen molar-refractivity contribution in [1.82, 2.24) is 9.78 Å². The zero-order chi connectivity index (χ0) is 15.4. The van der Waals surface area contributed by atoms with Crippen LogP contribution in [0.2, 0.25) is 0 Å². The van der Waals surface area contributed by atoms with E-state index in [9.17, 15) is 10.1 Å². The molecule has 0 spiro atoms. The summed E-state index contributed by atoms with van der Waals surface area (Å²) in [6.45, 7) is 4.29. The van der Waals surface area contributed by atoms with E-state index in [1.165, 1.54) is 6.07 Å². The van der Waals surface area contributed by atoms with Crippen molar-refractivity contribution in [3.05, 3.63) is 45.8 Å². The second kappa shape index (κ2) is 6.25. The standard InChI is InChI=1S/C14H17N3O4/c1-10-14(11(2)16(3)15-10)21-9-8-20-13-7-5-4-6-12(13)17(18)19/h4-7H,8-9H2,1-3H3. The van der Waals surface area contributed by atoms with Gasteiger partial charge >= 0.3 is 5.69 Å². The molecule has 2 aromatic rings. The van der Waals surface area contributed by atoms with Gasteiger partial charge in [0.1, 0.15) is 18.9 Å². The molecule has 0 fully saturated rings. The maximum Gasteiger partial charge on any atom is 0.310 e. The number of nitrogens with zero attached hydrogens (tertiary/aromatic N) is 3. The minimum Gasteiger partial charge on any atom is -0.486 e. The zero-order valence-corrected chi connectivity index (χ0v) is 12.2. The van der Waals surface area contributed by atoms with E-state index in [-0.39, 0.29) is 18.0 Å². The van der Waals surface area contributed by atoms with Crippen molar-refractivity contribution in [3.8, 4) is 11.5 Å². The first-order valence-electron chi connectivity index (χ1n) is 6.50. The van der Waals surface area contributed by atoms with Crippen molar-refractivity contribution in [2.75, 3.05) is 13.2 Å². The highest BCUT2D eigenvalue weighted by Crippen LogP contribution is 2.26. The average Bonchev–Trinajstić information content (AvgIpc) is 2.69. The molecule has 0 bridgehead atoms. The summed E-state index contributed by atoms with van der Waals surface area (Å²) in [5.41, 5.74) is 1.69. The number of aromatic nitrogens is 2. The van der Waals surface area contributed by atoms with Crippen molar-refractivity contribution in [3.63, 3.8) is 0 Å². The van der Waals surface area contributed by atoms with Crippen LogP contribution in [0.1, 0.15) is 11.4 Å². The number of hydrogen-bond acceptors (Lipinski definition) is 5.